The SMILES string of the molecule is Cc1nc(C)c(C(=O)N2C[C@@H]3C[C@@H](c4ccccc4)CC[C@]3(C(=O)O)C2)o1. The zero-order valence-corrected chi connectivity index (χ0v) is 15.6. The Morgan fingerprint density at radius 1 is 1.26 bits per heavy atom. The smallest absolute Gasteiger partial charge is 0.311 e. The molecule has 1 amide bonds. The average molecular weight is 368 g/mol. The number of carboxylic acid groups (broad SMARTS) is 1. The maximum Gasteiger partial charge on any atom is 0.311 e. The Bertz CT molecular complexity index is 876. The quantitative estimate of drug-likeness (QED) is 0.898. The number of nitrogens with zero attached hydrogens (tertiary/aromatic N) is 2. The molecule has 142 valence electrons. The first-order valence-corrected chi connectivity index (χ1v) is 9.42. The zero-order valence-electron chi connectivity index (χ0n) is 15.6. The lowest BCUT2D eigenvalue weighted by Crippen LogP contribution is -2.43. The molecule has 6 heteroatoms. The number of fused-ring (bicyclic) bond motifs is 1. The van der Waals surface area contributed by atoms with Crippen LogP contribution in [0.3, 0.4) is 0 Å². The van der Waals surface area contributed by atoms with Crippen molar-refractivity contribution in [1.29, 1.82) is 0 Å². The molecular formula is C21H24N2O4. The second-order valence-electron chi connectivity index (χ2n) is 7.87. The fraction of sp³-hybridized carbons (Fsp3) is 0.476. The van der Waals surface area contributed by atoms with Crippen LogP contribution in [0.15, 0.2) is 34.7 Å². The van der Waals surface area contributed by atoms with Gasteiger partial charge in [0.05, 0.1) is 11.1 Å². The van der Waals surface area contributed by atoms with Gasteiger partial charge >= 0.3 is 5.97 Å². The van der Waals surface area contributed by atoms with E-state index in [9.17, 15) is 14.7 Å². The molecule has 3 atom stereocenters. The lowest BCUT2D eigenvalue weighted by atomic mass is 9.64. The van der Waals surface area contributed by atoms with Crippen LogP contribution in [0.1, 0.15) is 52.9 Å². The van der Waals surface area contributed by atoms with Gasteiger partial charge < -0.3 is 14.4 Å². The minimum atomic E-state index is -0.857. The van der Waals surface area contributed by atoms with Crippen LogP contribution < -0.4 is 0 Å². The molecule has 1 aromatic heterocycles. The van der Waals surface area contributed by atoms with Gasteiger partial charge in [-0.15, -0.1) is 0 Å². The van der Waals surface area contributed by atoms with Crippen molar-refractivity contribution in [2.45, 2.75) is 39.0 Å². The highest BCUT2D eigenvalue weighted by Crippen LogP contribution is 2.51. The van der Waals surface area contributed by atoms with Crippen LogP contribution in [-0.2, 0) is 4.79 Å². The van der Waals surface area contributed by atoms with Gasteiger partial charge in [0.15, 0.2) is 5.89 Å². The highest BCUT2D eigenvalue weighted by atomic mass is 16.4. The van der Waals surface area contributed by atoms with Crippen molar-refractivity contribution in [1.82, 2.24) is 9.88 Å². The average Bonchev–Trinajstić information content (AvgIpc) is 3.21. The van der Waals surface area contributed by atoms with Gasteiger partial charge in [0.2, 0.25) is 5.76 Å². The highest BCUT2D eigenvalue weighted by Gasteiger charge is 2.56. The number of carboxylic acids is 1. The molecule has 2 aliphatic rings. The molecule has 2 fully saturated rings. The highest BCUT2D eigenvalue weighted by molar-refractivity contribution is 5.93. The first-order valence-electron chi connectivity index (χ1n) is 9.42. The largest absolute Gasteiger partial charge is 0.481 e. The van der Waals surface area contributed by atoms with E-state index in [4.69, 9.17) is 4.42 Å². The van der Waals surface area contributed by atoms with Crippen LogP contribution in [0.4, 0.5) is 0 Å². The number of benzene rings is 1. The number of aromatic nitrogens is 1. The van der Waals surface area contributed by atoms with Gasteiger partial charge in [-0.25, -0.2) is 4.98 Å². The number of amides is 1. The number of hydrogen-bond donors (Lipinski definition) is 1. The normalized spacial score (nSPS) is 27.4. The van der Waals surface area contributed by atoms with Crippen molar-refractivity contribution in [3.63, 3.8) is 0 Å². The third-order valence-electron chi connectivity index (χ3n) is 6.29. The second kappa shape index (κ2) is 6.51. The fourth-order valence-electron chi connectivity index (χ4n) is 4.86. The molecule has 6 nitrogen and oxygen atoms in total. The number of aryl methyl sites for hydroxylation is 2. The standard InChI is InChI=1S/C21H24N2O4/c1-13-18(27-14(2)22-13)19(24)23-11-17-10-16(15-6-4-3-5-7-15)8-9-21(17,12-23)20(25)26/h3-7,16-17H,8-12H2,1-2H3,(H,25,26)/t16-,17-,21-/m0/s1. The number of rotatable bonds is 3. The minimum absolute atomic E-state index is 0.0535. The Kier molecular flexibility index (Phi) is 4.29. The van der Waals surface area contributed by atoms with E-state index >= 15 is 0 Å². The molecule has 0 spiro atoms. The summed E-state index contributed by atoms with van der Waals surface area (Å²) in [4.78, 5) is 31.0. The summed E-state index contributed by atoms with van der Waals surface area (Å²) in [6, 6.07) is 10.3. The van der Waals surface area contributed by atoms with E-state index in [-0.39, 0.29) is 24.1 Å². The van der Waals surface area contributed by atoms with Crippen molar-refractivity contribution < 1.29 is 19.1 Å². The van der Waals surface area contributed by atoms with Gasteiger partial charge in [-0.3, -0.25) is 9.59 Å². The molecule has 1 saturated heterocycles. The van der Waals surface area contributed by atoms with Crippen molar-refractivity contribution >= 4 is 11.9 Å². The minimum Gasteiger partial charge on any atom is -0.481 e. The molecule has 1 saturated carbocycles. The lowest BCUT2D eigenvalue weighted by molar-refractivity contribution is -0.152. The molecule has 2 aromatic rings. The van der Waals surface area contributed by atoms with Crippen molar-refractivity contribution in [2.24, 2.45) is 11.3 Å². The maximum atomic E-state index is 12.9. The monoisotopic (exact) mass is 368 g/mol. The van der Waals surface area contributed by atoms with Crippen LogP contribution in [0.5, 0.6) is 0 Å². The van der Waals surface area contributed by atoms with Gasteiger partial charge in [-0.2, -0.15) is 0 Å². The molecule has 1 N–H and O–H groups in total. The summed E-state index contributed by atoms with van der Waals surface area (Å²) < 4.78 is 5.48. The molecule has 0 unspecified atom stereocenters. The number of likely N-dealkylation sites (tertiary alicyclic amines) is 1. The third kappa shape index (κ3) is 2.93. The Hall–Kier alpha value is -2.63. The van der Waals surface area contributed by atoms with Crippen molar-refractivity contribution in [2.75, 3.05) is 13.1 Å². The zero-order chi connectivity index (χ0) is 19.2. The van der Waals surface area contributed by atoms with E-state index in [1.165, 1.54) is 5.56 Å². The summed E-state index contributed by atoms with van der Waals surface area (Å²) in [5, 5.41) is 10.0. The number of carbonyl (C=O) groups is 2. The molecule has 1 aliphatic heterocycles. The van der Waals surface area contributed by atoms with Crippen LogP contribution >= 0.6 is 0 Å². The molecule has 27 heavy (non-hydrogen) atoms. The Morgan fingerprint density at radius 3 is 2.63 bits per heavy atom. The molecule has 2 heterocycles. The summed E-state index contributed by atoms with van der Waals surface area (Å²) >= 11 is 0. The second-order valence-corrected chi connectivity index (χ2v) is 7.87. The summed E-state index contributed by atoms with van der Waals surface area (Å²) in [6.45, 7) is 4.14. The lowest BCUT2D eigenvalue weighted by Gasteiger charge is -2.38. The van der Waals surface area contributed by atoms with Gasteiger partial charge in [0.25, 0.3) is 5.91 Å². The number of aliphatic carboxylic acids is 1. The van der Waals surface area contributed by atoms with E-state index in [2.05, 4.69) is 17.1 Å². The predicted molar refractivity (Wildman–Crippen MR) is 98.5 cm³/mol. The van der Waals surface area contributed by atoms with Crippen LogP contribution in [-0.4, -0.2) is 40.0 Å². The number of carbonyl (C=O) groups excluding carboxylic acids is 1. The van der Waals surface area contributed by atoms with E-state index in [0.717, 1.165) is 12.8 Å². The molecular weight excluding hydrogens is 344 g/mol. The van der Waals surface area contributed by atoms with Gasteiger partial charge in [-0.1, -0.05) is 30.3 Å². The van der Waals surface area contributed by atoms with Gasteiger partial charge in [-0.05, 0) is 43.6 Å². The predicted octanol–water partition coefficient (Wildman–Crippen LogP) is 3.40. The molecule has 1 aliphatic carbocycles. The molecule has 4 rings (SSSR count). The van der Waals surface area contributed by atoms with Gasteiger partial charge in [0, 0.05) is 20.0 Å². The van der Waals surface area contributed by atoms with E-state index < -0.39 is 11.4 Å². The Balaban J connectivity index is 1.59. The first-order chi connectivity index (χ1) is 12.9. The summed E-state index contributed by atoms with van der Waals surface area (Å²) in [5.74, 6) is -0.0785. The van der Waals surface area contributed by atoms with Gasteiger partial charge in [0.1, 0.15) is 0 Å². The van der Waals surface area contributed by atoms with Crippen molar-refractivity contribution in [3.05, 3.63) is 53.2 Å². The molecule has 0 bridgehead atoms. The fourth-order valence-corrected chi connectivity index (χ4v) is 4.86. The Labute approximate surface area is 158 Å². The molecule has 0 radical (unpaired) electrons. The molecule has 1 aromatic carbocycles. The summed E-state index contributed by atoms with van der Waals surface area (Å²) in [7, 11) is 0. The van der Waals surface area contributed by atoms with Crippen LogP contribution in [0.2, 0.25) is 0 Å². The van der Waals surface area contributed by atoms with Crippen LogP contribution in [0, 0.1) is 25.2 Å². The third-order valence-corrected chi connectivity index (χ3v) is 6.29. The van der Waals surface area contributed by atoms with Crippen LogP contribution in [0.25, 0.3) is 0 Å². The van der Waals surface area contributed by atoms with E-state index in [0.29, 0.717) is 30.5 Å². The first kappa shape index (κ1) is 17.8. The maximum absolute atomic E-state index is 12.9. The van der Waals surface area contributed by atoms with E-state index in [1.54, 1.807) is 18.7 Å². The van der Waals surface area contributed by atoms with Crippen molar-refractivity contribution in [3.8, 4) is 0 Å². The number of hydrogen-bond acceptors (Lipinski definition) is 4. The summed E-state index contributed by atoms with van der Waals surface area (Å²) in [5.41, 5.74) is 0.950. The summed E-state index contributed by atoms with van der Waals surface area (Å²) in [6.07, 6.45) is 2.20. The number of oxazole rings is 1. The Morgan fingerprint density at radius 2 is 2.00 bits per heavy atom. The topological polar surface area (TPSA) is 83.6 Å². The van der Waals surface area contributed by atoms with E-state index in [1.807, 2.05) is 18.2 Å².